The van der Waals surface area contributed by atoms with Gasteiger partial charge in [0, 0.05) is 30.3 Å². The van der Waals surface area contributed by atoms with E-state index in [4.69, 9.17) is 5.11 Å². The van der Waals surface area contributed by atoms with Crippen LogP contribution in [0.1, 0.15) is 49.8 Å². The molecule has 4 nitrogen and oxygen atoms in total. The van der Waals surface area contributed by atoms with Crippen LogP contribution < -0.4 is 0 Å². The molecule has 0 spiro atoms. The molecule has 1 unspecified atom stereocenters. The van der Waals surface area contributed by atoms with Gasteiger partial charge in [0.15, 0.2) is 0 Å². The van der Waals surface area contributed by atoms with Crippen LogP contribution in [-0.2, 0) is 16.0 Å². The van der Waals surface area contributed by atoms with Gasteiger partial charge in [-0.1, -0.05) is 6.07 Å². The summed E-state index contributed by atoms with van der Waals surface area (Å²) in [6.07, 6.45) is 6.24. The van der Waals surface area contributed by atoms with Gasteiger partial charge in [-0.15, -0.1) is 11.3 Å². The maximum atomic E-state index is 12.4. The molecule has 0 aromatic carbocycles. The fourth-order valence-electron chi connectivity index (χ4n) is 2.93. The van der Waals surface area contributed by atoms with E-state index in [1.54, 1.807) is 11.3 Å². The number of aliphatic carboxylic acids is 1. The Morgan fingerprint density at radius 2 is 2.19 bits per heavy atom. The Morgan fingerprint density at radius 3 is 2.90 bits per heavy atom. The standard InChI is InChI=1S/C16H23NO3S/c18-15(8-3-6-14-7-4-12-21-14)17-11-2-1-5-13(17)9-10-16(19)20/h4,7,12-13H,1-3,5-6,8-11H2,(H,19,20). The summed E-state index contributed by atoms with van der Waals surface area (Å²) in [5, 5.41) is 10.9. The van der Waals surface area contributed by atoms with Crippen LogP contribution in [-0.4, -0.2) is 34.5 Å². The van der Waals surface area contributed by atoms with Gasteiger partial charge in [0.1, 0.15) is 0 Å². The normalized spacial score (nSPS) is 18.7. The van der Waals surface area contributed by atoms with E-state index >= 15 is 0 Å². The molecule has 1 aromatic heterocycles. The highest BCUT2D eigenvalue weighted by Crippen LogP contribution is 2.22. The number of amides is 1. The summed E-state index contributed by atoms with van der Waals surface area (Å²) in [5.41, 5.74) is 0. The first kappa shape index (κ1) is 16.0. The van der Waals surface area contributed by atoms with Crippen molar-refractivity contribution in [3.63, 3.8) is 0 Å². The van der Waals surface area contributed by atoms with Gasteiger partial charge in [-0.05, 0) is 50.0 Å². The molecule has 1 aliphatic heterocycles. The van der Waals surface area contributed by atoms with E-state index in [9.17, 15) is 9.59 Å². The molecule has 2 rings (SSSR count). The van der Waals surface area contributed by atoms with Crippen LogP contribution in [0, 0.1) is 0 Å². The lowest BCUT2D eigenvalue weighted by Gasteiger charge is -2.35. The summed E-state index contributed by atoms with van der Waals surface area (Å²) in [5.74, 6) is -0.577. The van der Waals surface area contributed by atoms with Crippen molar-refractivity contribution in [1.29, 1.82) is 0 Å². The lowest BCUT2D eigenvalue weighted by Crippen LogP contribution is -2.43. The maximum Gasteiger partial charge on any atom is 0.303 e. The van der Waals surface area contributed by atoms with E-state index in [-0.39, 0.29) is 18.4 Å². The van der Waals surface area contributed by atoms with E-state index in [1.165, 1.54) is 4.88 Å². The smallest absolute Gasteiger partial charge is 0.303 e. The second-order valence-electron chi connectivity index (χ2n) is 5.60. The van der Waals surface area contributed by atoms with Gasteiger partial charge in [-0.2, -0.15) is 0 Å². The number of nitrogens with zero attached hydrogens (tertiary/aromatic N) is 1. The number of carbonyl (C=O) groups is 2. The summed E-state index contributed by atoms with van der Waals surface area (Å²) >= 11 is 1.73. The quantitative estimate of drug-likeness (QED) is 0.840. The van der Waals surface area contributed by atoms with Crippen molar-refractivity contribution in [2.24, 2.45) is 0 Å². The second kappa shape index (κ2) is 8.17. The van der Waals surface area contributed by atoms with Crippen LogP contribution in [0.3, 0.4) is 0 Å². The summed E-state index contributed by atoms with van der Waals surface area (Å²) < 4.78 is 0. The first-order valence-corrected chi connectivity index (χ1v) is 8.58. The first-order valence-electron chi connectivity index (χ1n) is 7.70. The van der Waals surface area contributed by atoms with Crippen LogP contribution in [0.2, 0.25) is 0 Å². The molecule has 1 fully saturated rings. The second-order valence-corrected chi connectivity index (χ2v) is 6.63. The third kappa shape index (κ3) is 5.16. The molecular weight excluding hydrogens is 286 g/mol. The van der Waals surface area contributed by atoms with E-state index in [0.29, 0.717) is 12.8 Å². The van der Waals surface area contributed by atoms with Crippen molar-refractivity contribution in [1.82, 2.24) is 4.90 Å². The number of rotatable bonds is 7. The molecule has 0 radical (unpaired) electrons. The number of carboxylic acid groups (broad SMARTS) is 1. The Morgan fingerprint density at radius 1 is 1.33 bits per heavy atom. The minimum Gasteiger partial charge on any atom is -0.481 e. The molecule has 116 valence electrons. The highest BCUT2D eigenvalue weighted by Gasteiger charge is 2.26. The summed E-state index contributed by atoms with van der Waals surface area (Å²) in [6.45, 7) is 0.794. The molecule has 0 bridgehead atoms. The minimum absolute atomic E-state index is 0.129. The van der Waals surface area contributed by atoms with Crippen molar-refractivity contribution in [2.45, 2.75) is 57.4 Å². The lowest BCUT2D eigenvalue weighted by atomic mass is 9.97. The van der Waals surface area contributed by atoms with Gasteiger partial charge >= 0.3 is 5.97 Å². The topological polar surface area (TPSA) is 57.6 Å². The van der Waals surface area contributed by atoms with Gasteiger partial charge in [-0.3, -0.25) is 9.59 Å². The Balaban J connectivity index is 1.78. The summed E-state index contributed by atoms with van der Waals surface area (Å²) in [6, 6.07) is 4.27. The number of piperidine rings is 1. The van der Waals surface area contributed by atoms with Crippen LogP contribution in [0.15, 0.2) is 17.5 Å². The third-order valence-electron chi connectivity index (χ3n) is 4.03. The van der Waals surface area contributed by atoms with Gasteiger partial charge in [0.2, 0.25) is 5.91 Å². The van der Waals surface area contributed by atoms with Gasteiger partial charge in [0.05, 0.1) is 0 Å². The Bertz CT molecular complexity index is 458. The number of hydrogen-bond acceptors (Lipinski definition) is 3. The van der Waals surface area contributed by atoms with Crippen molar-refractivity contribution < 1.29 is 14.7 Å². The highest BCUT2D eigenvalue weighted by molar-refractivity contribution is 7.09. The molecule has 2 heterocycles. The summed E-state index contributed by atoms with van der Waals surface area (Å²) in [7, 11) is 0. The van der Waals surface area contributed by atoms with Crippen LogP contribution >= 0.6 is 11.3 Å². The zero-order valence-corrected chi connectivity index (χ0v) is 13.1. The molecule has 1 N–H and O–H groups in total. The van der Waals surface area contributed by atoms with Gasteiger partial charge < -0.3 is 10.0 Å². The Hall–Kier alpha value is -1.36. The zero-order valence-electron chi connectivity index (χ0n) is 12.3. The lowest BCUT2D eigenvalue weighted by molar-refractivity contribution is -0.140. The number of hydrogen-bond donors (Lipinski definition) is 1. The van der Waals surface area contributed by atoms with Gasteiger partial charge in [-0.25, -0.2) is 0 Å². The third-order valence-corrected chi connectivity index (χ3v) is 4.97. The minimum atomic E-state index is -0.773. The molecule has 21 heavy (non-hydrogen) atoms. The first-order chi connectivity index (χ1) is 10.2. The van der Waals surface area contributed by atoms with Crippen molar-refractivity contribution in [2.75, 3.05) is 6.54 Å². The predicted octanol–water partition coefficient (Wildman–Crippen LogP) is 3.32. The molecule has 1 saturated heterocycles. The van der Waals surface area contributed by atoms with Crippen LogP contribution in [0.4, 0.5) is 0 Å². The molecule has 5 heteroatoms. The van der Waals surface area contributed by atoms with Crippen LogP contribution in [0.25, 0.3) is 0 Å². The molecule has 1 aromatic rings. The number of carboxylic acids is 1. The number of thiophene rings is 1. The average molecular weight is 309 g/mol. The monoisotopic (exact) mass is 309 g/mol. The Kier molecular flexibility index (Phi) is 6.23. The van der Waals surface area contributed by atoms with E-state index in [1.807, 2.05) is 11.0 Å². The Labute approximate surface area is 129 Å². The fraction of sp³-hybridized carbons (Fsp3) is 0.625. The molecule has 1 amide bonds. The molecule has 0 saturated carbocycles. The SMILES string of the molecule is O=C(O)CCC1CCCCN1C(=O)CCCc1cccs1. The number of carbonyl (C=O) groups excluding carboxylic acids is 1. The predicted molar refractivity (Wildman–Crippen MR) is 83.5 cm³/mol. The number of likely N-dealkylation sites (tertiary alicyclic amines) is 1. The van der Waals surface area contributed by atoms with E-state index < -0.39 is 5.97 Å². The average Bonchev–Trinajstić information content (AvgIpc) is 2.98. The van der Waals surface area contributed by atoms with E-state index in [0.717, 1.165) is 38.6 Å². The van der Waals surface area contributed by atoms with Crippen LogP contribution in [0.5, 0.6) is 0 Å². The van der Waals surface area contributed by atoms with Crippen molar-refractivity contribution in [3.05, 3.63) is 22.4 Å². The van der Waals surface area contributed by atoms with Crippen molar-refractivity contribution in [3.8, 4) is 0 Å². The number of aryl methyl sites for hydroxylation is 1. The zero-order chi connectivity index (χ0) is 15.1. The molecule has 1 aliphatic rings. The molecule has 0 aliphatic carbocycles. The van der Waals surface area contributed by atoms with Crippen molar-refractivity contribution >= 4 is 23.2 Å². The fourth-order valence-corrected chi connectivity index (χ4v) is 3.68. The molecular formula is C16H23NO3S. The highest BCUT2D eigenvalue weighted by atomic mass is 32.1. The maximum absolute atomic E-state index is 12.4. The molecule has 1 atom stereocenters. The summed E-state index contributed by atoms with van der Waals surface area (Å²) in [4.78, 5) is 26.3. The van der Waals surface area contributed by atoms with E-state index in [2.05, 4.69) is 11.4 Å². The largest absolute Gasteiger partial charge is 0.481 e. The van der Waals surface area contributed by atoms with Gasteiger partial charge in [0.25, 0.3) is 0 Å².